The summed E-state index contributed by atoms with van der Waals surface area (Å²) in [7, 11) is 0. The number of carbonyl (C=O) groups is 1. The summed E-state index contributed by atoms with van der Waals surface area (Å²) in [5.41, 5.74) is 0.964. The molecule has 0 atom stereocenters. The maximum absolute atomic E-state index is 12.7. The summed E-state index contributed by atoms with van der Waals surface area (Å²) in [4.78, 5) is 15.7. The number of ketones is 1. The molecule has 0 saturated carbocycles. The summed E-state index contributed by atoms with van der Waals surface area (Å²) in [5.74, 6) is 0.419. The lowest BCUT2D eigenvalue weighted by molar-refractivity contribution is 0.103. The van der Waals surface area contributed by atoms with Gasteiger partial charge in [-0.15, -0.1) is 0 Å². The molecule has 0 bridgehead atoms. The number of carbonyl (C=O) groups excluding carboxylic acids is 1. The first kappa shape index (κ1) is 16.3. The molecule has 1 aromatic heterocycles. The Morgan fingerprint density at radius 2 is 1.90 bits per heavy atom. The van der Waals surface area contributed by atoms with Crippen LogP contribution in [0, 0.1) is 0 Å². The molecular weight excluding hydrogens is 522 g/mol. The van der Waals surface area contributed by atoms with Gasteiger partial charge in [-0.3, -0.25) is 4.79 Å². The third kappa shape index (κ3) is 3.21. The highest BCUT2D eigenvalue weighted by atomic mass is 79.9. The van der Waals surface area contributed by atoms with Gasteiger partial charge in [0.05, 0.1) is 25.7 Å². The summed E-state index contributed by atoms with van der Waals surface area (Å²) in [6, 6.07) is 5.38. The fourth-order valence-electron chi connectivity index (χ4n) is 1.68. The molecule has 0 saturated heterocycles. The van der Waals surface area contributed by atoms with E-state index in [-0.39, 0.29) is 5.78 Å². The molecule has 0 radical (unpaired) electrons. The van der Waals surface area contributed by atoms with Gasteiger partial charge < -0.3 is 9.72 Å². The van der Waals surface area contributed by atoms with Crippen LogP contribution < -0.4 is 4.74 Å². The number of hydrogen-bond donors (Lipinski definition) is 1. The van der Waals surface area contributed by atoms with Gasteiger partial charge in [-0.25, -0.2) is 0 Å². The molecule has 0 unspecified atom stereocenters. The first-order valence-electron chi connectivity index (χ1n) is 5.65. The Morgan fingerprint density at radius 3 is 2.45 bits per heavy atom. The van der Waals surface area contributed by atoms with Gasteiger partial charge in [0, 0.05) is 4.47 Å². The van der Waals surface area contributed by atoms with Gasteiger partial charge in [0.15, 0.2) is 0 Å². The maximum Gasteiger partial charge on any atom is 0.214 e. The number of aromatic amines is 1. The van der Waals surface area contributed by atoms with E-state index in [4.69, 9.17) is 4.74 Å². The van der Waals surface area contributed by atoms with Crippen LogP contribution in [0.2, 0.25) is 0 Å². The number of nitrogens with one attached hydrogen (secondary N) is 1. The molecule has 0 aliphatic carbocycles. The van der Waals surface area contributed by atoms with Crippen molar-refractivity contribution in [3.63, 3.8) is 0 Å². The molecule has 1 N–H and O–H groups in total. The molecule has 1 heterocycles. The molecule has 1 aromatic carbocycles. The molecule has 0 fully saturated rings. The first-order chi connectivity index (χ1) is 9.45. The van der Waals surface area contributed by atoms with Crippen LogP contribution in [0.15, 0.2) is 36.2 Å². The van der Waals surface area contributed by atoms with Crippen molar-refractivity contribution in [2.45, 2.75) is 6.92 Å². The van der Waals surface area contributed by atoms with Crippen LogP contribution >= 0.6 is 63.7 Å². The third-order valence-corrected chi connectivity index (χ3v) is 6.29. The molecule has 20 heavy (non-hydrogen) atoms. The molecule has 106 valence electrons. The standard InChI is InChI=1S/C13H9Br4NO2/c1-2-20-8-4-3-6(14)5-7(8)12(19)11-9(15)10(16)13(17)18-11/h3-5,18H,2H2,1H3. The second-order valence-electron chi connectivity index (χ2n) is 3.84. The van der Waals surface area contributed by atoms with Gasteiger partial charge in [-0.1, -0.05) is 15.9 Å². The van der Waals surface area contributed by atoms with Gasteiger partial charge in [0.25, 0.3) is 0 Å². The quantitative estimate of drug-likeness (QED) is 0.516. The second-order valence-corrected chi connectivity index (χ2v) is 7.14. The molecule has 3 nitrogen and oxygen atoms in total. The number of H-pyrrole nitrogens is 1. The summed E-state index contributed by atoms with van der Waals surface area (Å²) < 4.78 is 8.50. The Hall–Kier alpha value is -0.110. The second kappa shape index (κ2) is 6.77. The number of hydrogen-bond acceptors (Lipinski definition) is 2. The van der Waals surface area contributed by atoms with Crippen LogP contribution in [0.3, 0.4) is 0 Å². The Balaban J connectivity index is 2.52. The van der Waals surface area contributed by atoms with E-state index in [2.05, 4.69) is 68.7 Å². The minimum atomic E-state index is -0.145. The fourth-order valence-corrected chi connectivity index (χ4v) is 3.48. The first-order valence-corrected chi connectivity index (χ1v) is 8.82. The minimum Gasteiger partial charge on any atom is -0.493 e. The van der Waals surface area contributed by atoms with Crippen molar-refractivity contribution in [3.8, 4) is 5.75 Å². The minimum absolute atomic E-state index is 0.145. The third-order valence-electron chi connectivity index (χ3n) is 2.55. The Morgan fingerprint density at radius 1 is 1.20 bits per heavy atom. The normalized spacial score (nSPS) is 10.7. The monoisotopic (exact) mass is 527 g/mol. The lowest BCUT2D eigenvalue weighted by Gasteiger charge is -2.09. The average molecular weight is 531 g/mol. The molecule has 0 aliphatic heterocycles. The molecular formula is C13H9Br4NO2. The van der Waals surface area contributed by atoms with E-state index in [0.29, 0.717) is 32.7 Å². The zero-order valence-corrected chi connectivity index (χ0v) is 16.6. The molecule has 0 spiro atoms. The number of rotatable bonds is 4. The van der Waals surface area contributed by atoms with Crippen molar-refractivity contribution >= 4 is 69.5 Å². The summed E-state index contributed by atoms with van der Waals surface area (Å²) in [6.07, 6.45) is 0. The number of aromatic nitrogens is 1. The topological polar surface area (TPSA) is 42.1 Å². The van der Waals surface area contributed by atoms with Crippen LogP contribution in [0.4, 0.5) is 0 Å². The smallest absolute Gasteiger partial charge is 0.214 e. The average Bonchev–Trinajstić information content (AvgIpc) is 2.68. The van der Waals surface area contributed by atoms with Gasteiger partial charge in [0.1, 0.15) is 11.4 Å². The summed E-state index contributed by atoms with van der Waals surface area (Å²) in [6.45, 7) is 2.38. The van der Waals surface area contributed by atoms with Gasteiger partial charge in [-0.2, -0.15) is 0 Å². The lowest BCUT2D eigenvalue weighted by atomic mass is 10.1. The zero-order chi connectivity index (χ0) is 14.9. The molecule has 0 aliphatic rings. The number of benzene rings is 1. The van der Waals surface area contributed by atoms with Crippen LogP contribution in [0.5, 0.6) is 5.75 Å². The van der Waals surface area contributed by atoms with Gasteiger partial charge in [0.2, 0.25) is 5.78 Å². The SMILES string of the molecule is CCOc1ccc(Br)cc1C(=O)c1[nH]c(Br)c(Br)c1Br. The van der Waals surface area contributed by atoms with Crippen LogP contribution in [0.25, 0.3) is 0 Å². The van der Waals surface area contributed by atoms with E-state index in [1.807, 2.05) is 13.0 Å². The van der Waals surface area contributed by atoms with Crippen LogP contribution in [0.1, 0.15) is 23.0 Å². The Labute approximate surface area is 150 Å². The van der Waals surface area contributed by atoms with E-state index in [1.165, 1.54) is 0 Å². The lowest BCUT2D eigenvalue weighted by Crippen LogP contribution is -2.06. The van der Waals surface area contributed by atoms with Crippen molar-refractivity contribution in [2.24, 2.45) is 0 Å². The van der Waals surface area contributed by atoms with Crippen LogP contribution in [-0.2, 0) is 0 Å². The van der Waals surface area contributed by atoms with Crippen molar-refractivity contribution in [1.82, 2.24) is 4.98 Å². The van der Waals surface area contributed by atoms with Crippen molar-refractivity contribution < 1.29 is 9.53 Å². The Bertz CT molecular complexity index is 667. The van der Waals surface area contributed by atoms with Gasteiger partial charge >= 0.3 is 0 Å². The zero-order valence-electron chi connectivity index (χ0n) is 10.3. The molecule has 7 heteroatoms. The van der Waals surface area contributed by atoms with Crippen molar-refractivity contribution in [2.75, 3.05) is 6.61 Å². The van der Waals surface area contributed by atoms with Crippen LogP contribution in [-0.4, -0.2) is 17.4 Å². The summed E-state index contributed by atoms with van der Waals surface area (Å²) in [5, 5.41) is 0. The van der Waals surface area contributed by atoms with Gasteiger partial charge in [-0.05, 0) is 72.9 Å². The predicted molar refractivity (Wildman–Crippen MR) is 92.6 cm³/mol. The largest absolute Gasteiger partial charge is 0.493 e. The molecule has 2 aromatic rings. The van der Waals surface area contributed by atoms with E-state index < -0.39 is 0 Å². The van der Waals surface area contributed by atoms with E-state index in [9.17, 15) is 4.79 Å². The van der Waals surface area contributed by atoms with E-state index in [0.717, 1.165) is 8.95 Å². The Kier molecular flexibility index (Phi) is 5.50. The highest BCUT2D eigenvalue weighted by Crippen LogP contribution is 2.36. The number of halogens is 4. The fraction of sp³-hybridized carbons (Fsp3) is 0.154. The van der Waals surface area contributed by atoms with E-state index >= 15 is 0 Å². The van der Waals surface area contributed by atoms with Crippen molar-refractivity contribution in [1.29, 1.82) is 0 Å². The molecule has 2 rings (SSSR count). The number of ether oxygens (including phenoxy) is 1. The summed E-state index contributed by atoms with van der Waals surface area (Å²) >= 11 is 13.5. The highest BCUT2D eigenvalue weighted by Gasteiger charge is 2.22. The van der Waals surface area contributed by atoms with Crippen molar-refractivity contribution in [3.05, 3.63) is 47.5 Å². The molecule has 0 amide bonds. The highest BCUT2D eigenvalue weighted by molar-refractivity contribution is 9.14. The predicted octanol–water partition coefficient (Wildman–Crippen LogP) is 5.69. The van der Waals surface area contributed by atoms with E-state index in [1.54, 1.807) is 12.1 Å². The maximum atomic E-state index is 12.7.